The molecule has 0 fully saturated rings. The molecule has 0 radical (unpaired) electrons. The summed E-state index contributed by atoms with van der Waals surface area (Å²) in [4.78, 5) is 23.1. The molecule has 6 nitrogen and oxygen atoms in total. The fraction of sp³-hybridized carbons (Fsp3) is 0.467. The highest BCUT2D eigenvalue weighted by Crippen LogP contribution is 2.34. The van der Waals surface area contributed by atoms with Crippen molar-refractivity contribution < 1.29 is 24.2 Å². The predicted molar refractivity (Wildman–Crippen MR) is 74.5 cm³/mol. The molecule has 21 heavy (non-hydrogen) atoms. The van der Waals surface area contributed by atoms with Crippen molar-refractivity contribution in [3.05, 3.63) is 34.9 Å². The van der Waals surface area contributed by atoms with Crippen molar-refractivity contribution in [1.29, 1.82) is 0 Å². The van der Waals surface area contributed by atoms with Crippen molar-refractivity contribution >= 4 is 12.1 Å². The van der Waals surface area contributed by atoms with E-state index in [0.717, 1.165) is 5.56 Å². The van der Waals surface area contributed by atoms with Crippen LogP contribution in [-0.2, 0) is 21.8 Å². The van der Waals surface area contributed by atoms with Crippen molar-refractivity contribution in [1.82, 2.24) is 5.32 Å². The predicted octanol–water partition coefficient (Wildman–Crippen LogP) is 2.05. The van der Waals surface area contributed by atoms with E-state index in [9.17, 15) is 14.7 Å². The number of alkyl carbamates (subject to hydrolysis) is 1. The van der Waals surface area contributed by atoms with E-state index < -0.39 is 23.5 Å². The minimum Gasteiger partial charge on any atom is -0.444 e. The molecule has 1 heterocycles. The van der Waals surface area contributed by atoms with Crippen LogP contribution in [0.4, 0.5) is 4.79 Å². The Morgan fingerprint density at radius 2 is 2.10 bits per heavy atom. The number of rotatable bonds is 2. The van der Waals surface area contributed by atoms with Crippen molar-refractivity contribution in [2.24, 2.45) is 0 Å². The lowest BCUT2D eigenvalue weighted by atomic mass is 10.0. The van der Waals surface area contributed by atoms with E-state index in [1.807, 2.05) is 0 Å². The summed E-state index contributed by atoms with van der Waals surface area (Å²) in [6.07, 6.45) is -0.526. The summed E-state index contributed by atoms with van der Waals surface area (Å²) in [5, 5.41) is 12.6. The van der Waals surface area contributed by atoms with Gasteiger partial charge >= 0.3 is 12.1 Å². The van der Waals surface area contributed by atoms with Gasteiger partial charge in [-0.05, 0) is 38.5 Å². The summed E-state index contributed by atoms with van der Waals surface area (Å²) in [6.45, 7) is 6.97. The lowest BCUT2D eigenvalue weighted by Gasteiger charge is -2.20. The first-order valence-corrected chi connectivity index (χ1v) is 6.64. The Morgan fingerprint density at radius 3 is 2.71 bits per heavy atom. The van der Waals surface area contributed by atoms with Gasteiger partial charge in [-0.2, -0.15) is 0 Å². The summed E-state index contributed by atoms with van der Waals surface area (Å²) >= 11 is 0. The Labute approximate surface area is 123 Å². The van der Waals surface area contributed by atoms with Crippen molar-refractivity contribution in [3.8, 4) is 0 Å². The van der Waals surface area contributed by atoms with E-state index in [1.165, 1.54) is 6.92 Å². The highest BCUT2D eigenvalue weighted by Gasteiger charge is 2.39. The van der Waals surface area contributed by atoms with Crippen LogP contribution in [0.15, 0.2) is 18.2 Å². The minimum atomic E-state index is -1.63. The van der Waals surface area contributed by atoms with Crippen molar-refractivity contribution in [2.75, 3.05) is 0 Å². The Hall–Kier alpha value is -2.08. The van der Waals surface area contributed by atoms with Crippen molar-refractivity contribution in [3.63, 3.8) is 0 Å². The van der Waals surface area contributed by atoms with Gasteiger partial charge in [0.25, 0.3) is 0 Å². The van der Waals surface area contributed by atoms with Crippen LogP contribution >= 0.6 is 0 Å². The minimum absolute atomic E-state index is 0.229. The maximum absolute atomic E-state index is 11.6. The number of benzene rings is 1. The molecule has 0 aliphatic carbocycles. The van der Waals surface area contributed by atoms with E-state index in [0.29, 0.717) is 11.1 Å². The summed E-state index contributed by atoms with van der Waals surface area (Å²) in [5.74, 6) is -2.18. The number of fused-ring (bicyclic) bond motifs is 1. The van der Waals surface area contributed by atoms with Crippen LogP contribution in [0, 0.1) is 0 Å². The Kier molecular flexibility index (Phi) is 3.67. The fourth-order valence-electron chi connectivity index (χ4n) is 2.04. The number of hydrogen-bond acceptors (Lipinski definition) is 5. The summed E-state index contributed by atoms with van der Waals surface area (Å²) in [5.41, 5.74) is 0.904. The molecule has 0 spiro atoms. The van der Waals surface area contributed by atoms with E-state index in [1.54, 1.807) is 39.0 Å². The topological polar surface area (TPSA) is 84.9 Å². The van der Waals surface area contributed by atoms with Gasteiger partial charge in [-0.25, -0.2) is 9.59 Å². The van der Waals surface area contributed by atoms with Gasteiger partial charge in [0.15, 0.2) is 0 Å². The number of carbonyl (C=O) groups excluding carboxylic acids is 2. The second-order valence-corrected chi connectivity index (χ2v) is 6.11. The molecule has 0 aromatic heterocycles. The van der Waals surface area contributed by atoms with Gasteiger partial charge in [0, 0.05) is 19.0 Å². The van der Waals surface area contributed by atoms with E-state index in [-0.39, 0.29) is 6.54 Å². The first-order valence-electron chi connectivity index (χ1n) is 6.64. The molecule has 1 amide bonds. The van der Waals surface area contributed by atoms with Crippen LogP contribution in [0.5, 0.6) is 0 Å². The number of nitrogens with one attached hydrogen (secondary N) is 1. The number of carbonyl (C=O) groups is 2. The number of amides is 1. The summed E-state index contributed by atoms with van der Waals surface area (Å²) in [6, 6.07) is 4.90. The van der Waals surface area contributed by atoms with Crippen LogP contribution in [0.25, 0.3) is 0 Å². The second kappa shape index (κ2) is 5.04. The molecule has 6 heteroatoms. The van der Waals surface area contributed by atoms with E-state index in [2.05, 4.69) is 5.32 Å². The molecule has 1 aliphatic rings. The maximum atomic E-state index is 11.6. The maximum Gasteiger partial charge on any atom is 0.407 e. The molecule has 2 rings (SSSR count). The number of ether oxygens (including phenoxy) is 2. The number of aliphatic hydroxyl groups is 1. The number of cyclic esters (lactones) is 1. The van der Waals surface area contributed by atoms with Crippen LogP contribution in [-0.4, -0.2) is 22.8 Å². The third-order valence-electron chi connectivity index (χ3n) is 2.93. The first kappa shape index (κ1) is 15.3. The molecule has 1 unspecified atom stereocenters. The van der Waals surface area contributed by atoms with Crippen LogP contribution in [0.3, 0.4) is 0 Å². The quantitative estimate of drug-likeness (QED) is 0.815. The lowest BCUT2D eigenvalue weighted by Crippen LogP contribution is -2.32. The smallest absolute Gasteiger partial charge is 0.407 e. The number of esters is 1. The molecule has 0 bridgehead atoms. The molecular formula is C15H19NO5. The third kappa shape index (κ3) is 3.52. The summed E-state index contributed by atoms with van der Waals surface area (Å²) < 4.78 is 10.0. The molecule has 2 N–H and O–H groups in total. The Balaban J connectivity index is 2.07. The van der Waals surface area contributed by atoms with E-state index >= 15 is 0 Å². The SMILES string of the molecule is CC(C)(C)OC(=O)NCc1ccc2c(c1)C(C)(O)OC2=O. The van der Waals surface area contributed by atoms with E-state index in [4.69, 9.17) is 9.47 Å². The number of hydrogen-bond donors (Lipinski definition) is 2. The zero-order valence-corrected chi connectivity index (χ0v) is 12.5. The average molecular weight is 293 g/mol. The van der Waals surface area contributed by atoms with Gasteiger partial charge in [-0.15, -0.1) is 0 Å². The van der Waals surface area contributed by atoms with Gasteiger partial charge in [-0.3, -0.25) is 0 Å². The Bertz CT molecular complexity index is 586. The molecule has 1 atom stereocenters. The third-order valence-corrected chi connectivity index (χ3v) is 2.93. The summed E-state index contributed by atoms with van der Waals surface area (Å²) in [7, 11) is 0. The normalized spacial score (nSPS) is 20.7. The molecular weight excluding hydrogens is 274 g/mol. The largest absolute Gasteiger partial charge is 0.444 e. The van der Waals surface area contributed by atoms with Gasteiger partial charge in [-0.1, -0.05) is 6.07 Å². The van der Waals surface area contributed by atoms with Crippen molar-refractivity contribution in [2.45, 2.75) is 45.6 Å². The van der Waals surface area contributed by atoms with Gasteiger partial charge in [0.1, 0.15) is 5.60 Å². The van der Waals surface area contributed by atoms with Gasteiger partial charge in [0.05, 0.1) is 5.56 Å². The average Bonchev–Trinajstić information content (AvgIpc) is 2.55. The van der Waals surface area contributed by atoms with Crippen LogP contribution in [0.2, 0.25) is 0 Å². The Morgan fingerprint density at radius 1 is 1.43 bits per heavy atom. The van der Waals surface area contributed by atoms with Crippen LogP contribution in [0.1, 0.15) is 49.2 Å². The van der Waals surface area contributed by atoms with Crippen LogP contribution < -0.4 is 5.32 Å². The fourth-order valence-corrected chi connectivity index (χ4v) is 2.04. The monoisotopic (exact) mass is 293 g/mol. The molecule has 0 saturated heterocycles. The molecule has 1 aliphatic heterocycles. The zero-order valence-electron chi connectivity index (χ0n) is 12.5. The van der Waals surface area contributed by atoms with Gasteiger partial charge < -0.3 is 19.9 Å². The molecule has 0 saturated carbocycles. The lowest BCUT2D eigenvalue weighted by molar-refractivity contribution is -0.147. The molecule has 114 valence electrons. The zero-order chi connectivity index (χ0) is 15.8. The highest BCUT2D eigenvalue weighted by molar-refractivity contribution is 5.94. The second-order valence-electron chi connectivity index (χ2n) is 6.11. The highest BCUT2D eigenvalue weighted by atomic mass is 16.7. The molecule has 1 aromatic carbocycles. The molecule has 1 aromatic rings. The first-order chi connectivity index (χ1) is 9.58. The van der Waals surface area contributed by atoms with Gasteiger partial charge in [0.2, 0.25) is 5.79 Å². The standard InChI is InChI=1S/C15H19NO5/c1-14(2,3)21-13(18)16-8-9-5-6-10-11(7-9)15(4,19)20-12(10)17/h5-7,19H,8H2,1-4H3,(H,16,18).